The van der Waals surface area contributed by atoms with Gasteiger partial charge in [0.1, 0.15) is 5.75 Å². The first-order chi connectivity index (χ1) is 13.1. The van der Waals surface area contributed by atoms with E-state index in [1.807, 2.05) is 6.92 Å². The smallest absolute Gasteiger partial charge is 0.394 e. The molecule has 0 unspecified atom stereocenters. The second kappa shape index (κ2) is 7.59. The second-order valence-corrected chi connectivity index (χ2v) is 7.21. The van der Waals surface area contributed by atoms with E-state index in [1.54, 1.807) is 13.0 Å². The Morgan fingerprint density at radius 3 is 2.64 bits per heavy atom. The molecule has 3 aromatic rings. The van der Waals surface area contributed by atoms with Crippen molar-refractivity contribution in [2.75, 3.05) is 5.32 Å². The van der Waals surface area contributed by atoms with Crippen LogP contribution in [0.25, 0.3) is 10.4 Å². The number of rotatable bonds is 5. The van der Waals surface area contributed by atoms with E-state index in [0.717, 1.165) is 23.1 Å². The summed E-state index contributed by atoms with van der Waals surface area (Å²) < 4.78 is 44.9. The molecule has 0 saturated heterocycles. The van der Waals surface area contributed by atoms with Crippen molar-refractivity contribution < 1.29 is 22.7 Å². The van der Waals surface area contributed by atoms with Crippen LogP contribution in [0.2, 0.25) is 0 Å². The van der Waals surface area contributed by atoms with E-state index >= 15 is 0 Å². The van der Waals surface area contributed by atoms with E-state index in [-0.39, 0.29) is 16.4 Å². The van der Waals surface area contributed by atoms with Gasteiger partial charge in [0, 0.05) is 19.3 Å². The lowest BCUT2D eigenvalue weighted by atomic mass is 10.0. The van der Waals surface area contributed by atoms with Crippen molar-refractivity contribution >= 4 is 22.4 Å². The highest BCUT2D eigenvalue weighted by Crippen LogP contribution is 2.36. The minimum absolute atomic E-state index is 0.0611. The molecule has 28 heavy (non-hydrogen) atoms. The van der Waals surface area contributed by atoms with Crippen LogP contribution in [0, 0.1) is 19.7 Å². The molecular weight excluding hydrogens is 391 g/mol. The van der Waals surface area contributed by atoms with Crippen molar-refractivity contribution in [3.63, 3.8) is 0 Å². The number of alkyl halides is 2. The Hall–Kier alpha value is -2.94. The van der Waals surface area contributed by atoms with Gasteiger partial charge in [-0.2, -0.15) is 8.78 Å². The minimum atomic E-state index is -3.31. The molecule has 0 fully saturated rings. The molecule has 2 aromatic heterocycles. The van der Waals surface area contributed by atoms with Gasteiger partial charge in [0.05, 0.1) is 16.6 Å². The van der Waals surface area contributed by atoms with Crippen LogP contribution in [0.1, 0.15) is 28.4 Å². The zero-order valence-electron chi connectivity index (χ0n) is 15.2. The number of halogens is 3. The maximum atomic E-state index is 13.7. The lowest BCUT2D eigenvalue weighted by Crippen LogP contribution is -2.19. The molecular formula is C19H16F3N3O2S. The summed E-state index contributed by atoms with van der Waals surface area (Å²) in [6.45, 7) is 4.19. The molecule has 1 amide bonds. The number of ether oxygens (including phenoxy) is 1. The van der Waals surface area contributed by atoms with Crippen molar-refractivity contribution in [3.8, 4) is 16.2 Å². The predicted octanol–water partition coefficient (Wildman–Crippen LogP) is 5.20. The Morgan fingerprint density at radius 2 is 1.96 bits per heavy atom. The number of carbonyl (C=O) groups is 1. The summed E-state index contributed by atoms with van der Waals surface area (Å²) in [6.07, 6.45) is 0.461. The van der Waals surface area contributed by atoms with E-state index in [0.29, 0.717) is 22.9 Å². The van der Waals surface area contributed by atoms with Gasteiger partial charge in [-0.15, -0.1) is 0 Å². The maximum Gasteiger partial charge on any atom is 0.394 e. The normalized spacial score (nSPS) is 11.4. The van der Waals surface area contributed by atoms with E-state index < -0.39 is 17.8 Å². The molecule has 146 valence electrons. The van der Waals surface area contributed by atoms with Crippen LogP contribution in [0.5, 0.6) is 5.75 Å². The summed E-state index contributed by atoms with van der Waals surface area (Å²) >= 11 is 1.14. The molecule has 3 rings (SSSR count). The van der Waals surface area contributed by atoms with Gasteiger partial charge in [0.15, 0.2) is 10.9 Å². The summed E-state index contributed by atoms with van der Waals surface area (Å²) in [7, 11) is 0. The summed E-state index contributed by atoms with van der Waals surface area (Å²) in [5.74, 6) is -1.34. The molecule has 0 aliphatic carbocycles. The summed E-state index contributed by atoms with van der Waals surface area (Å²) in [6, 6.07) is 4.52. The first kappa shape index (κ1) is 19.8. The number of thiazole rings is 1. The number of pyridine rings is 1. The topological polar surface area (TPSA) is 64.1 Å². The Morgan fingerprint density at radius 1 is 1.21 bits per heavy atom. The number of nitrogens with zero attached hydrogens (tertiary/aromatic N) is 2. The van der Waals surface area contributed by atoms with Gasteiger partial charge < -0.3 is 4.74 Å². The molecule has 0 aliphatic heterocycles. The van der Waals surface area contributed by atoms with Gasteiger partial charge >= 0.3 is 6.11 Å². The first-order valence-electron chi connectivity index (χ1n) is 8.19. The molecule has 0 bridgehead atoms. The molecule has 1 aromatic carbocycles. The SMILES string of the molecule is Cc1cc(C)c(-c2cnc(NC(=O)c3ccncc3F)s2)cc1OC(C)(F)F. The van der Waals surface area contributed by atoms with E-state index in [2.05, 4.69) is 15.3 Å². The van der Waals surface area contributed by atoms with E-state index in [4.69, 9.17) is 4.74 Å². The quantitative estimate of drug-likeness (QED) is 0.631. The van der Waals surface area contributed by atoms with Crippen molar-refractivity contribution in [2.45, 2.75) is 26.9 Å². The third kappa shape index (κ3) is 4.48. The number of nitrogens with one attached hydrogen (secondary N) is 1. The molecule has 5 nitrogen and oxygen atoms in total. The molecule has 1 N–H and O–H groups in total. The fraction of sp³-hybridized carbons (Fsp3) is 0.211. The largest absolute Gasteiger partial charge is 0.432 e. The van der Waals surface area contributed by atoms with E-state index in [1.165, 1.54) is 24.5 Å². The van der Waals surface area contributed by atoms with Gasteiger partial charge in [0.2, 0.25) is 0 Å². The van der Waals surface area contributed by atoms with E-state index in [9.17, 15) is 18.0 Å². The Kier molecular flexibility index (Phi) is 5.37. The van der Waals surface area contributed by atoms with Gasteiger partial charge in [0.25, 0.3) is 5.91 Å². The van der Waals surface area contributed by atoms with Gasteiger partial charge in [-0.05, 0) is 42.7 Å². The highest BCUT2D eigenvalue weighted by Gasteiger charge is 2.25. The molecule has 0 radical (unpaired) electrons. The molecule has 0 aliphatic rings. The van der Waals surface area contributed by atoms with Crippen LogP contribution < -0.4 is 10.1 Å². The van der Waals surface area contributed by atoms with Crippen molar-refractivity contribution in [1.29, 1.82) is 0 Å². The van der Waals surface area contributed by atoms with Crippen molar-refractivity contribution in [2.24, 2.45) is 0 Å². The summed E-state index contributed by atoms with van der Waals surface area (Å²) in [5.41, 5.74) is 1.91. The molecule has 0 spiro atoms. The van der Waals surface area contributed by atoms with Crippen LogP contribution >= 0.6 is 11.3 Å². The fourth-order valence-electron chi connectivity index (χ4n) is 2.58. The molecule has 0 atom stereocenters. The highest BCUT2D eigenvalue weighted by atomic mass is 32.1. The Bertz CT molecular complexity index is 1030. The van der Waals surface area contributed by atoms with Gasteiger partial charge in [-0.1, -0.05) is 17.4 Å². The third-order valence-corrected chi connectivity index (χ3v) is 4.77. The van der Waals surface area contributed by atoms with Crippen LogP contribution in [0.15, 0.2) is 36.8 Å². The number of benzene rings is 1. The highest BCUT2D eigenvalue weighted by molar-refractivity contribution is 7.19. The van der Waals surface area contributed by atoms with Crippen LogP contribution in [-0.2, 0) is 0 Å². The zero-order valence-corrected chi connectivity index (χ0v) is 16.0. The van der Waals surface area contributed by atoms with Crippen molar-refractivity contribution in [3.05, 3.63) is 59.3 Å². The number of hydrogen-bond acceptors (Lipinski definition) is 5. The monoisotopic (exact) mass is 407 g/mol. The number of amides is 1. The lowest BCUT2D eigenvalue weighted by molar-refractivity contribution is -0.159. The number of anilines is 1. The standard InChI is InChI=1S/C19H16F3N3O2S/c1-10-6-11(2)15(27-19(3,21)22)7-13(10)16-9-24-18(28-16)25-17(26)12-4-5-23-8-14(12)20/h4-9H,1-3H3,(H,24,25,26). The Labute approximate surface area is 163 Å². The van der Waals surface area contributed by atoms with Crippen molar-refractivity contribution in [1.82, 2.24) is 9.97 Å². The average molecular weight is 407 g/mol. The number of hydrogen-bond donors (Lipinski definition) is 1. The number of carbonyl (C=O) groups excluding carboxylic acids is 1. The first-order valence-corrected chi connectivity index (χ1v) is 9.01. The molecule has 0 saturated carbocycles. The number of aromatic nitrogens is 2. The summed E-state index contributed by atoms with van der Waals surface area (Å²) in [4.78, 5) is 20.5. The second-order valence-electron chi connectivity index (χ2n) is 6.18. The maximum absolute atomic E-state index is 13.7. The minimum Gasteiger partial charge on any atom is -0.432 e. The zero-order chi connectivity index (χ0) is 20.5. The lowest BCUT2D eigenvalue weighted by Gasteiger charge is -2.17. The predicted molar refractivity (Wildman–Crippen MR) is 100 cm³/mol. The fourth-order valence-corrected chi connectivity index (χ4v) is 3.47. The van der Waals surface area contributed by atoms with Crippen LogP contribution in [0.4, 0.5) is 18.3 Å². The molecule has 9 heteroatoms. The van der Waals surface area contributed by atoms with Gasteiger partial charge in [-0.3, -0.25) is 15.1 Å². The number of aryl methyl sites for hydroxylation is 2. The van der Waals surface area contributed by atoms with Gasteiger partial charge in [-0.25, -0.2) is 9.37 Å². The Balaban J connectivity index is 1.87. The average Bonchev–Trinajstić information content (AvgIpc) is 3.04. The molecule has 2 heterocycles. The third-order valence-electron chi connectivity index (χ3n) is 3.82. The summed E-state index contributed by atoms with van der Waals surface area (Å²) in [5, 5.41) is 2.77. The van der Waals surface area contributed by atoms with Crippen LogP contribution in [0.3, 0.4) is 0 Å². The van der Waals surface area contributed by atoms with Crippen LogP contribution in [-0.4, -0.2) is 22.0 Å².